The molecule has 6 nitrogen and oxygen atoms in total. The molecule has 16 heavy (non-hydrogen) atoms. The highest BCUT2D eigenvalue weighted by Gasteiger charge is 2.33. The highest BCUT2D eigenvalue weighted by molar-refractivity contribution is 7.93. The molecule has 1 aliphatic rings. The molecule has 1 fully saturated rings. The summed E-state index contributed by atoms with van der Waals surface area (Å²) < 4.78 is 46.6. The van der Waals surface area contributed by atoms with Crippen LogP contribution < -0.4 is 0 Å². The number of hydrogen-bond acceptors (Lipinski definition) is 5. The average molecular weight is 271 g/mol. The molecule has 1 aliphatic heterocycles. The lowest BCUT2D eigenvalue weighted by Crippen LogP contribution is -2.40. The number of rotatable bonds is 5. The standard InChI is InChI=1S/C8H17NO5S2/c1-15(11,12)5-6-16(13,14)9-4-2-3-8(9)7-10/h8,10H,2-7H2,1H3/t8-/m1/s1. The van der Waals surface area contributed by atoms with Gasteiger partial charge >= 0.3 is 0 Å². The van der Waals surface area contributed by atoms with Crippen LogP contribution in [0.2, 0.25) is 0 Å². The van der Waals surface area contributed by atoms with Gasteiger partial charge in [0.2, 0.25) is 10.0 Å². The first kappa shape index (κ1) is 13.9. The lowest BCUT2D eigenvalue weighted by Gasteiger charge is -2.22. The van der Waals surface area contributed by atoms with Crippen molar-refractivity contribution < 1.29 is 21.9 Å². The molecule has 0 aliphatic carbocycles. The van der Waals surface area contributed by atoms with E-state index in [1.807, 2.05) is 0 Å². The fourth-order valence-corrected chi connectivity index (χ4v) is 5.05. The largest absolute Gasteiger partial charge is 0.395 e. The smallest absolute Gasteiger partial charge is 0.215 e. The Morgan fingerprint density at radius 3 is 2.38 bits per heavy atom. The molecule has 0 aromatic rings. The summed E-state index contributed by atoms with van der Waals surface area (Å²) in [5.74, 6) is -0.772. The summed E-state index contributed by atoms with van der Waals surface area (Å²) in [5, 5.41) is 9.00. The van der Waals surface area contributed by atoms with Gasteiger partial charge in [0, 0.05) is 18.8 Å². The van der Waals surface area contributed by atoms with E-state index in [1.165, 1.54) is 4.31 Å². The zero-order chi connectivity index (χ0) is 12.4. The zero-order valence-corrected chi connectivity index (χ0v) is 10.8. The Morgan fingerprint density at radius 2 is 1.88 bits per heavy atom. The van der Waals surface area contributed by atoms with Crippen LogP contribution >= 0.6 is 0 Å². The van der Waals surface area contributed by atoms with E-state index in [0.29, 0.717) is 19.4 Å². The molecule has 1 rings (SSSR count). The molecule has 8 heteroatoms. The number of nitrogens with zero attached hydrogens (tertiary/aromatic N) is 1. The van der Waals surface area contributed by atoms with E-state index in [4.69, 9.17) is 5.11 Å². The Kier molecular flexibility index (Phi) is 4.33. The predicted octanol–water partition coefficient (Wildman–Crippen LogP) is -1.18. The maximum atomic E-state index is 11.8. The number of aliphatic hydroxyl groups is 1. The topological polar surface area (TPSA) is 91.8 Å². The summed E-state index contributed by atoms with van der Waals surface area (Å²) in [6.07, 6.45) is 2.36. The van der Waals surface area contributed by atoms with Crippen molar-refractivity contribution in [3.63, 3.8) is 0 Å². The van der Waals surface area contributed by atoms with Crippen molar-refractivity contribution in [3.8, 4) is 0 Å². The van der Waals surface area contributed by atoms with Gasteiger partial charge in [0.25, 0.3) is 0 Å². The number of sulfonamides is 1. The maximum absolute atomic E-state index is 11.8. The minimum absolute atomic E-state index is 0.210. The molecule has 1 N–H and O–H groups in total. The van der Waals surface area contributed by atoms with Crippen molar-refractivity contribution in [2.75, 3.05) is 30.9 Å². The van der Waals surface area contributed by atoms with Gasteiger partial charge in [0.15, 0.2) is 0 Å². The van der Waals surface area contributed by atoms with Gasteiger partial charge in [-0.15, -0.1) is 0 Å². The molecule has 0 saturated carbocycles. The molecular formula is C8H17NO5S2. The van der Waals surface area contributed by atoms with Gasteiger partial charge in [-0.25, -0.2) is 16.8 Å². The SMILES string of the molecule is CS(=O)(=O)CCS(=O)(=O)N1CCC[C@@H]1CO. The fourth-order valence-electron chi connectivity index (χ4n) is 1.73. The van der Waals surface area contributed by atoms with Gasteiger partial charge in [-0.05, 0) is 12.8 Å². The molecule has 0 aromatic carbocycles. The summed E-state index contributed by atoms with van der Waals surface area (Å²) in [6, 6.07) is -0.385. The third-order valence-corrected chi connectivity index (χ3v) is 5.72. The van der Waals surface area contributed by atoms with Crippen molar-refractivity contribution in [3.05, 3.63) is 0 Å². The molecule has 0 radical (unpaired) electrons. The number of hydrogen-bond donors (Lipinski definition) is 1. The van der Waals surface area contributed by atoms with Gasteiger partial charge in [-0.3, -0.25) is 0 Å². The number of aliphatic hydroxyl groups excluding tert-OH is 1. The first-order valence-electron chi connectivity index (χ1n) is 5.04. The lowest BCUT2D eigenvalue weighted by molar-refractivity contribution is 0.213. The van der Waals surface area contributed by atoms with Crippen LogP contribution in [-0.2, 0) is 19.9 Å². The second-order valence-corrected chi connectivity index (χ2v) is 8.34. The maximum Gasteiger partial charge on any atom is 0.215 e. The Bertz CT molecular complexity index is 427. The van der Waals surface area contributed by atoms with Crippen molar-refractivity contribution in [1.82, 2.24) is 4.31 Å². The van der Waals surface area contributed by atoms with E-state index in [9.17, 15) is 16.8 Å². The van der Waals surface area contributed by atoms with Gasteiger partial charge in [-0.1, -0.05) is 0 Å². The Hall–Kier alpha value is -0.180. The monoisotopic (exact) mass is 271 g/mol. The van der Waals surface area contributed by atoms with E-state index in [2.05, 4.69) is 0 Å². The highest BCUT2D eigenvalue weighted by Crippen LogP contribution is 2.20. The molecule has 1 saturated heterocycles. The van der Waals surface area contributed by atoms with Crippen molar-refractivity contribution in [2.24, 2.45) is 0 Å². The highest BCUT2D eigenvalue weighted by atomic mass is 32.2. The summed E-state index contributed by atoms with van der Waals surface area (Å²) >= 11 is 0. The second kappa shape index (κ2) is 4.99. The molecule has 1 atom stereocenters. The summed E-state index contributed by atoms with van der Waals surface area (Å²) in [6.45, 7) is 0.162. The van der Waals surface area contributed by atoms with Gasteiger partial charge in [0.05, 0.1) is 18.1 Å². The van der Waals surface area contributed by atoms with Crippen LogP contribution in [0, 0.1) is 0 Å². The van der Waals surface area contributed by atoms with Crippen LogP contribution in [0.3, 0.4) is 0 Å². The van der Waals surface area contributed by atoms with Crippen molar-refractivity contribution >= 4 is 19.9 Å². The minimum atomic E-state index is -3.56. The molecule has 0 aromatic heterocycles. The first-order valence-corrected chi connectivity index (χ1v) is 8.71. The van der Waals surface area contributed by atoms with Crippen LogP contribution in [0.1, 0.15) is 12.8 Å². The van der Waals surface area contributed by atoms with Gasteiger partial charge in [0.1, 0.15) is 9.84 Å². The van der Waals surface area contributed by atoms with Crippen LogP contribution in [0.25, 0.3) is 0 Å². The van der Waals surface area contributed by atoms with Gasteiger partial charge in [-0.2, -0.15) is 4.31 Å². The average Bonchev–Trinajstić information content (AvgIpc) is 2.62. The van der Waals surface area contributed by atoms with Gasteiger partial charge < -0.3 is 5.11 Å². The third kappa shape index (κ3) is 3.69. The molecule has 0 unspecified atom stereocenters. The Morgan fingerprint density at radius 1 is 1.25 bits per heavy atom. The molecular weight excluding hydrogens is 254 g/mol. The van der Waals surface area contributed by atoms with E-state index in [0.717, 1.165) is 6.26 Å². The Labute approximate surface area is 96.2 Å². The molecule has 0 bridgehead atoms. The molecule has 96 valence electrons. The zero-order valence-electron chi connectivity index (χ0n) is 9.16. The predicted molar refractivity (Wildman–Crippen MR) is 60.3 cm³/mol. The quantitative estimate of drug-likeness (QED) is 0.679. The molecule has 0 amide bonds. The summed E-state index contributed by atoms with van der Waals surface area (Å²) in [4.78, 5) is 0. The Balaban J connectivity index is 2.70. The van der Waals surface area contributed by atoms with E-state index in [-0.39, 0.29) is 18.4 Å². The third-order valence-electron chi connectivity index (χ3n) is 2.60. The van der Waals surface area contributed by atoms with Crippen LogP contribution in [-0.4, -0.2) is 63.2 Å². The normalized spacial score (nSPS) is 23.8. The lowest BCUT2D eigenvalue weighted by atomic mass is 10.2. The van der Waals surface area contributed by atoms with E-state index in [1.54, 1.807) is 0 Å². The van der Waals surface area contributed by atoms with Crippen LogP contribution in [0.5, 0.6) is 0 Å². The fraction of sp³-hybridized carbons (Fsp3) is 1.00. The van der Waals surface area contributed by atoms with E-state index >= 15 is 0 Å². The minimum Gasteiger partial charge on any atom is -0.395 e. The van der Waals surface area contributed by atoms with E-state index < -0.39 is 25.6 Å². The summed E-state index contributed by atoms with van der Waals surface area (Å²) in [7, 11) is -6.84. The summed E-state index contributed by atoms with van der Waals surface area (Å²) in [5.41, 5.74) is 0. The molecule has 1 heterocycles. The molecule has 0 spiro atoms. The van der Waals surface area contributed by atoms with Crippen molar-refractivity contribution in [1.29, 1.82) is 0 Å². The van der Waals surface area contributed by atoms with Crippen LogP contribution in [0.4, 0.5) is 0 Å². The first-order chi connectivity index (χ1) is 7.26. The second-order valence-electron chi connectivity index (χ2n) is 4.04. The number of sulfone groups is 1. The van der Waals surface area contributed by atoms with Crippen molar-refractivity contribution in [2.45, 2.75) is 18.9 Å². The van der Waals surface area contributed by atoms with Crippen LogP contribution in [0.15, 0.2) is 0 Å².